The van der Waals surface area contributed by atoms with Crippen LogP contribution in [0, 0.1) is 0 Å². The molecule has 0 spiro atoms. The Labute approximate surface area is 135 Å². The Kier molecular flexibility index (Phi) is 6.87. The third kappa shape index (κ3) is 4.63. The number of hydrogen-bond donors (Lipinski definition) is 0. The van der Waals surface area contributed by atoms with Gasteiger partial charge in [-0.2, -0.15) is 0 Å². The molecule has 3 heteroatoms. The maximum Gasteiger partial charge on any atom is 0.127 e. The standard InChI is InChI=1S/C18H23BrO2/c1-2-13-20-17-10-11-18(21-14-7-3-6-12-19)16-9-5-4-8-15(16)17/h4-5,8-11H,2-3,6-7,12-14H2,1H3. The van der Waals surface area contributed by atoms with E-state index in [0.29, 0.717) is 0 Å². The van der Waals surface area contributed by atoms with Crippen LogP contribution in [0.4, 0.5) is 0 Å². The molecular weight excluding hydrogens is 328 g/mol. The number of ether oxygens (including phenoxy) is 2. The van der Waals surface area contributed by atoms with Gasteiger partial charge >= 0.3 is 0 Å². The minimum Gasteiger partial charge on any atom is -0.493 e. The second-order valence-electron chi connectivity index (χ2n) is 5.05. The summed E-state index contributed by atoms with van der Waals surface area (Å²) in [5, 5.41) is 3.33. The fourth-order valence-electron chi connectivity index (χ4n) is 2.26. The molecule has 0 bridgehead atoms. The molecule has 0 radical (unpaired) electrons. The zero-order valence-corrected chi connectivity index (χ0v) is 14.2. The van der Waals surface area contributed by atoms with Gasteiger partial charge in [-0.05, 0) is 37.8 Å². The largest absolute Gasteiger partial charge is 0.493 e. The third-order valence-corrected chi connectivity index (χ3v) is 3.90. The molecule has 2 rings (SSSR count). The lowest BCUT2D eigenvalue weighted by molar-refractivity contribution is 0.307. The Morgan fingerprint density at radius 3 is 2.00 bits per heavy atom. The maximum absolute atomic E-state index is 5.95. The zero-order chi connectivity index (χ0) is 14.9. The first kappa shape index (κ1) is 16.2. The van der Waals surface area contributed by atoms with Crippen molar-refractivity contribution in [2.24, 2.45) is 0 Å². The summed E-state index contributed by atoms with van der Waals surface area (Å²) in [5.41, 5.74) is 0. The summed E-state index contributed by atoms with van der Waals surface area (Å²) >= 11 is 3.45. The fourth-order valence-corrected chi connectivity index (χ4v) is 2.66. The second kappa shape index (κ2) is 8.93. The van der Waals surface area contributed by atoms with E-state index in [1.807, 2.05) is 24.3 Å². The van der Waals surface area contributed by atoms with Gasteiger partial charge in [0, 0.05) is 16.1 Å². The van der Waals surface area contributed by atoms with Crippen LogP contribution in [-0.4, -0.2) is 18.5 Å². The lowest BCUT2D eigenvalue weighted by Crippen LogP contribution is -2.00. The number of alkyl halides is 1. The van der Waals surface area contributed by atoms with Gasteiger partial charge in [-0.15, -0.1) is 0 Å². The smallest absolute Gasteiger partial charge is 0.127 e. The number of unbranched alkanes of at least 4 members (excludes halogenated alkanes) is 2. The van der Waals surface area contributed by atoms with E-state index < -0.39 is 0 Å². The minimum atomic E-state index is 0.747. The van der Waals surface area contributed by atoms with Crippen LogP contribution in [0.5, 0.6) is 11.5 Å². The van der Waals surface area contributed by atoms with E-state index in [4.69, 9.17) is 9.47 Å². The molecule has 0 heterocycles. The van der Waals surface area contributed by atoms with Gasteiger partial charge in [-0.1, -0.05) is 47.1 Å². The SMILES string of the molecule is CCCOc1ccc(OCCCCCBr)c2ccccc12. The molecule has 2 aromatic rings. The summed E-state index contributed by atoms with van der Waals surface area (Å²) < 4.78 is 11.8. The van der Waals surface area contributed by atoms with Crippen LogP contribution < -0.4 is 9.47 Å². The van der Waals surface area contributed by atoms with E-state index in [2.05, 4.69) is 35.0 Å². The number of benzene rings is 2. The van der Waals surface area contributed by atoms with E-state index in [-0.39, 0.29) is 0 Å². The van der Waals surface area contributed by atoms with Crippen molar-refractivity contribution in [1.82, 2.24) is 0 Å². The highest BCUT2D eigenvalue weighted by Crippen LogP contribution is 2.33. The van der Waals surface area contributed by atoms with Crippen molar-refractivity contribution >= 4 is 26.7 Å². The average Bonchev–Trinajstić information content (AvgIpc) is 2.53. The fraction of sp³-hybridized carbons (Fsp3) is 0.444. The van der Waals surface area contributed by atoms with Crippen LogP contribution in [0.2, 0.25) is 0 Å². The molecule has 2 aromatic carbocycles. The molecule has 0 saturated heterocycles. The zero-order valence-electron chi connectivity index (χ0n) is 12.6. The molecule has 0 aliphatic heterocycles. The van der Waals surface area contributed by atoms with Gasteiger partial charge in [0.1, 0.15) is 11.5 Å². The molecule has 2 nitrogen and oxygen atoms in total. The first-order valence-corrected chi connectivity index (χ1v) is 8.82. The van der Waals surface area contributed by atoms with Gasteiger partial charge in [-0.3, -0.25) is 0 Å². The summed E-state index contributed by atoms with van der Waals surface area (Å²) in [7, 11) is 0. The van der Waals surface area contributed by atoms with E-state index in [9.17, 15) is 0 Å². The number of fused-ring (bicyclic) bond motifs is 1. The summed E-state index contributed by atoms with van der Waals surface area (Å²) in [6.45, 7) is 3.63. The van der Waals surface area contributed by atoms with Crippen molar-refractivity contribution < 1.29 is 9.47 Å². The monoisotopic (exact) mass is 350 g/mol. The number of hydrogen-bond acceptors (Lipinski definition) is 2. The lowest BCUT2D eigenvalue weighted by atomic mass is 10.1. The molecule has 0 aliphatic rings. The molecule has 0 atom stereocenters. The third-order valence-electron chi connectivity index (χ3n) is 3.34. The topological polar surface area (TPSA) is 18.5 Å². The molecule has 0 unspecified atom stereocenters. The van der Waals surface area contributed by atoms with Gasteiger partial charge in [0.25, 0.3) is 0 Å². The molecule has 0 saturated carbocycles. The Bertz CT molecular complexity index is 554. The summed E-state index contributed by atoms with van der Waals surface area (Å²) in [6, 6.07) is 12.3. The predicted molar refractivity (Wildman–Crippen MR) is 92.9 cm³/mol. The van der Waals surface area contributed by atoms with E-state index in [1.54, 1.807) is 0 Å². The molecular formula is C18H23BrO2. The number of halogens is 1. The van der Waals surface area contributed by atoms with Gasteiger partial charge in [0.15, 0.2) is 0 Å². The van der Waals surface area contributed by atoms with Crippen molar-refractivity contribution in [3.05, 3.63) is 36.4 Å². The Balaban J connectivity index is 2.10. The average molecular weight is 351 g/mol. The Morgan fingerprint density at radius 1 is 0.810 bits per heavy atom. The summed E-state index contributed by atoms with van der Waals surface area (Å²) in [6.07, 6.45) is 4.50. The molecule has 0 aromatic heterocycles. The molecule has 114 valence electrons. The molecule has 0 aliphatic carbocycles. The van der Waals surface area contributed by atoms with Crippen molar-refractivity contribution in [2.45, 2.75) is 32.6 Å². The Hall–Kier alpha value is -1.22. The van der Waals surface area contributed by atoms with Crippen LogP contribution in [-0.2, 0) is 0 Å². The molecule has 0 fully saturated rings. The van der Waals surface area contributed by atoms with Crippen LogP contribution in [0.3, 0.4) is 0 Å². The summed E-state index contributed by atoms with van der Waals surface area (Å²) in [5.74, 6) is 1.90. The van der Waals surface area contributed by atoms with E-state index in [0.717, 1.165) is 53.7 Å². The lowest BCUT2D eigenvalue weighted by Gasteiger charge is -2.13. The van der Waals surface area contributed by atoms with Crippen molar-refractivity contribution in [3.8, 4) is 11.5 Å². The number of rotatable bonds is 9. The first-order chi connectivity index (χ1) is 10.4. The quantitative estimate of drug-likeness (QED) is 0.434. The highest BCUT2D eigenvalue weighted by molar-refractivity contribution is 9.09. The van der Waals surface area contributed by atoms with Crippen LogP contribution in [0.1, 0.15) is 32.6 Å². The first-order valence-electron chi connectivity index (χ1n) is 7.70. The van der Waals surface area contributed by atoms with Crippen LogP contribution >= 0.6 is 15.9 Å². The van der Waals surface area contributed by atoms with Gasteiger partial charge in [-0.25, -0.2) is 0 Å². The van der Waals surface area contributed by atoms with Gasteiger partial charge in [0.05, 0.1) is 13.2 Å². The van der Waals surface area contributed by atoms with Crippen LogP contribution in [0.25, 0.3) is 10.8 Å². The van der Waals surface area contributed by atoms with Crippen molar-refractivity contribution in [3.63, 3.8) is 0 Å². The second-order valence-corrected chi connectivity index (χ2v) is 5.85. The van der Waals surface area contributed by atoms with E-state index in [1.165, 1.54) is 12.8 Å². The van der Waals surface area contributed by atoms with Crippen LogP contribution in [0.15, 0.2) is 36.4 Å². The van der Waals surface area contributed by atoms with Gasteiger partial charge < -0.3 is 9.47 Å². The van der Waals surface area contributed by atoms with Gasteiger partial charge in [0.2, 0.25) is 0 Å². The normalized spacial score (nSPS) is 10.8. The van der Waals surface area contributed by atoms with Crippen molar-refractivity contribution in [1.29, 1.82) is 0 Å². The predicted octanol–water partition coefficient (Wildman–Crippen LogP) is 5.57. The molecule has 21 heavy (non-hydrogen) atoms. The minimum absolute atomic E-state index is 0.747. The Morgan fingerprint density at radius 2 is 1.43 bits per heavy atom. The molecule has 0 N–H and O–H groups in total. The highest BCUT2D eigenvalue weighted by Gasteiger charge is 2.07. The van der Waals surface area contributed by atoms with E-state index >= 15 is 0 Å². The highest BCUT2D eigenvalue weighted by atomic mass is 79.9. The molecule has 0 amide bonds. The maximum atomic E-state index is 5.95. The summed E-state index contributed by atoms with van der Waals surface area (Å²) in [4.78, 5) is 0. The van der Waals surface area contributed by atoms with Crippen molar-refractivity contribution in [2.75, 3.05) is 18.5 Å².